The van der Waals surface area contributed by atoms with Crippen LogP contribution in [0.5, 0.6) is 0 Å². The monoisotopic (exact) mass is 515 g/mol. The molecule has 0 atom stereocenters. The molecule has 0 spiro atoms. The van der Waals surface area contributed by atoms with Gasteiger partial charge in [0.25, 0.3) is 15.6 Å². The first-order valence-corrected chi connectivity index (χ1v) is 12.6. The number of aromatic nitrogens is 2. The van der Waals surface area contributed by atoms with Crippen LogP contribution in [0.15, 0.2) is 74.9 Å². The van der Waals surface area contributed by atoms with Crippen molar-refractivity contribution in [3.63, 3.8) is 0 Å². The van der Waals surface area contributed by atoms with E-state index < -0.39 is 10.0 Å². The molecule has 35 heavy (non-hydrogen) atoms. The molecule has 0 bridgehead atoms. The second-order valence-electron chi connectivity index (χ2n) is 9.06. The number of H-pyrrole nitrogens is 1. The van der Waals surface area contributed by atoms with E-state index in [2.05, 4.69) is 40.9 Å². The molecule has 3 aromatic rings. The summed E-state index contributed by atoms with van der Waals surface area (Å²) in [4.78, 5) is 15.4. The molecule has 10 heteroatoms. The van der Waals surface area contributed by atoms with E-state index in [4.69, 9.17) is 11.6 Å². The predicted molar refractivity (Wildman–Crippen MR) is 143 cm³/mol. The van der Waals surface area contributed by atoms with Gasteiger partial charge in [0, 0.05) is 54.7 Å². The Morgan fingerprint density at radius 1 is 1.14 bits per heavy atom. The van der Waals surface area contributed by atoms with E-state index in [1.165, 1.54) is 45.4 Å². The van der Waals surface area contributed by atoms with Crippen LogP contribution >= 0.6 is 11.6 Å². The molecule has 8 nitrogen and oxygen atoms in total. The van der Waals surface area contributed by atoms with Gasteiger partial charge >= 0.3 is 0 Å². The van der Waals surface area contributed by atoms with Gasteiger partial charge in [0.15, 0.2) is 0 Å². The van der Waals surface area contributed by atoms with E-state index in [-0.39, 0.29) is 15.9 Å². The number of rotatable bonds is 4. The van der Waals surface area contributed by atoms with Crippen molar-refractivity contribution in [3.8, 4) is 5.69 Å². The summed E-state index contributed by atoms with van der Waals surface area (Å²) in [5.41, 5.74) is 4.47. The number of fused-ring (bicyclic) bond motifs is 1. The zero-order valence-corrected chi connectivity index (χ0v) is 22.3. The first-order valence-electron chi connectivity index (χ1n) is 10.8. The highest BCUT2D eigenvalue weighted by molar-refractivity contribution is 7.90. The maximum atomic E-state index is 12.1. The third-order valence-electron chi connectivity index (χ3n) is 5.76. The van der Waals surface area contributed by atoms with Gasteiger partial charge in [-0.2, -0.15) is 8.42 Å². The van der Waals surface area contributed by atoms with Crippen LogP contribution in [0.3, 0.4) is 0 Å². The van der Waals surface area contributed by atoms with Crippen molar-refractivity contribution >= 4 is 33.7 Å². The van der Waals surface area contributed by atoms with Gasteiger partial charge in [-0.3, -0.25) is 9.89 Å². The van der Waals surface area contributed by atoms with Crippen LogP contribution in [0.25, 0.3) is 5.69 Å². The third-order valence-corrected chi connectivity index (χ3v) is 7.22. The van der Waals surface area contributed by atoms with Crippen LogP contribution in [-0.4, -0.2) is 50.6 Å². The van der Waals surface area contributed by atoms with E-state index in [0.717, 1.165) is 10.7 Å². The summed E-state index contributed by atoms with van der Waals surface area (Å²) in [6, 6.07) is 13.5. The lowest BCUT2D eigenvalue weighted by Crippen LogP contribution is -2.21. The van der Waals surface area contributed by atoms with E-state index in [9.17, 15) is 13.2 Å². The first-order chi connectivity index (χ1) is 16.2. The number of allylic oxidation sites excluding steroid dienone is 1. The van der Waals surface area contributed by atoms with Gasteiger partial charge in [0.2, 0.25) is 0 Å². The van der Waals surface area contributed by atoms with Crippen molar-refractivity contribution in [2.75, 3.05) is 26.0 Å². The number of hydrogen-bond donors (Lipinski definition) is 1. The summed E-state index contributed by atoms with van der Waals surface area (Å²) in [5, 5.41) is 3.64. The molecule has 0 aliphatic carbocycles. The van der Waals surface area contributed by atoms with Crippen molar-refractivity contribution in [2.24, 2.45) is 4.40 Å². The van der Waals surface area contributed by atoms with Crippen LogP contribution in [0.1, 0.15) is 25.1 Å². The van der Waals surface area contributed by atoms with Crippen molar-refractivity contribution < 1.29 is 8.42 Å². The standard InChI is InChI=1S/C13H16N4O3S.C12H14ClN/c1-10-7-13(18)17(15-10)11-5-4-6-12(8-11)21(19,20)14-9-16(2)3;1-8-12(2,3)10-7-9(13)5-6-11(10)14(8)4/h4-9,15H,1-3H3;5-7H,1H2,2-4H3. The lowest BCUT2D eigenvalue weighted by Gasteiger charge is -2.22. The molecule has 2 heterocycles. The van der Waals surface area contributed by atoms with Crippen LogP contribution in [0.2, 0.25) is 5.02 Å². The van der Waals surface area contributed by atoms with Crippen LogP contribution in [0.4, 0.5) is 5.69 Å². The number of anilines is 1. The Morgan fingerprint density at radius 3 is 2.43 bits per heavy atom. The third kappa shape index (κ3) is 5.52. The molecule has 1 aliphatic heterocycles. The number of nitrogens with zero attached hydrogens (tertiary/aromatic N) is 4. The summed E-state index contributed by atoms with van der Waals surface area (Å²) in [7, 11) is 1.61. The average molecular weight is 516 g/mol. The molecule has 0 saturated carbocycles. The van der Waals surface area contributed by atoms with Crippen molar-refractivity contribution in [2.45, 2.75) is 31.1 Å². The van der Waals surface area contributed by atoms with Gasteiger partial charge in [0.05, 0.1) is 10.6 Å². The normalized spacial score (nSPS) is 14.6. The van der Waals surface area contributed by atoms with E-state index in [0.29, 0.717) is 11.4 Å². The fourth-order valence-corrected chi connectivity index (χ4v) is 4.85. The minimum Gasteiger partial charge on any atom is -0.368 e. The number of benzene rings is 2. The van der Waals surface area contributed by atoms with Gasteiger partial charge in [-0.05, 0) is 48.9 Å². The number of nitrogens with one attached hydrogen (secondary N) is 1. The summed E-state index contributed by atoms with van der Waals surface area (Å²) in [6.07, 6.45) is 1.22. The molecule has 0 fully saturated rings. The maximum Gasteiger partial charge on any atom is 0.283 e. The smallest absolute Gasteiger partial charge is 0.283 e. The number of aryl methyl sites for hydroxylation is 1. The summed E-state index contributed by atoms with van der Waals surface area (Å²) >= 11 is 6.00. The SMILES string of the molecule is C=C1N(C)c2ccc(Cl)cc2C1(C)C.Cc1cc(=O)n(-c2cccc(S(=O)(=O)N=CN(C)C)c2)[nH]1. The van der Waals surface area contributed by atoms with Gasteiger partial charge < -0.3 is 9.80 Å². The summed E-state index contributed by atoms with van der Waals surface area (Å²) in [6.45, 7) is 10.2. The molecule has 1 aromatic heterocycles. The molecule has 0 saturated heterocycles. The van der Waals surface area contributed by atoms with Gasteiger partial charge in [-0.15, -0.1) is 4.40 Å². The van der Waals surface area contributed by atoms with E-state index in [1.807, 2.05) is 19.2 Å². The number of aromatic amines is 1. The Kier molecular flexibility index (Phi) is 7.33. The van der Waals surface area contributed by atoms with Crippen molar-refractivity contribution in [1.82, 2.24) is 14.7 Å². The van der Waals surface area contributed by atoms with Crippen LogP contribution in [-0.2, 0) is 15.4 Å². The Balaban J connectivity index is 0.000000211. The van der Waals surface area contributed by atoms with Crippen LogP contribution in [0, 0.1) is 6.92 Å². The average Bonchev–Trinajstić information content (AvgIpc) is 3.22. The fourth-order valence-electron chi connectivity index (χ4n) is 3.73. The molecular weight excluding hydrogens is 486 g/mol. The lowest BCUT2D eigenvalue weighted by atomic mass is 9.84. The molecule has 1 N–H and O–H groups in total. The second-order valence-corrected chi connectivity index (χ2v) is 11.1. The Bertz CT molecular complexity index is 1450. The molecule has 186 valence electrons. The van der Waals surface area contributed by atoms with Crippen LogP contribution < -0.4 is 10.5 Å². The van der Waals surface area contributed by atoms with Crippen molar-refractivity contribution in [1.29, 1.82) is 0 Å². The number of hydrogen-bond acceptors (Lipinski definition) is 4. The Morgan fingerprint density at radius 2 is 1.83 bits per heavy atom. The second kappa shape index (κ2) is 9.75. The van der Waals surface area contributed by atoms with E-state index >= 15 is 0 Å². The Labute approximate surface area is 211 Å². The minimum atomic E-state index is -3.79. The molecule has 2 aromatic carbocycles. The molecule has 1 aliphatic rings. The summed E-state index contributed by atoms with van der Waals surface area (Å²) < 4.78 is 29.0. The van der Waals surface area contributed by atoms with Gasteiger partial charge in [-0.25, -0.2) is 4.68 Å². The number of likely N-dealkylation sites (N-methyl/N-ethyl adjacent to an activating group) is 1. The highest BCUT2D eigenvalue weighted by Gasteiger charge is 2.37. The number of sulfonamides is 1. The quantitative estimate of drug-likeness (QED) is 0.412. The highest BCUT2D eigenvalue weighted by Crippen LogP contribution is 2.46. The molecular formula is C25H30ClN5O3S. The highest BCUT2D eigenvalue weighted by atomic mass is 35.5. The van der Waals surface area contributed by atoms with E-state index in [1.54, 1.807) is 33.2 Å². The van der Waals surface area contributed by atoms with Gasteiger partial charge in [0.1, 0.15) is 6.34 Å². The zero-order valence-electron chi connectivity index (χ0n) is 20.7. The molecule has 0 radical (unpaired) electrons. The van der Waals surface area contributed by atoms with Gasteiger partial charge in [-0.1, -0.05) is 38.1 Å². The lowest BCUT2D eigenvalue weighted by molar-refractivity contribution is 0.594. The topological polar surface area (TPSA) is 90.8 Å². The molecule has 0 unspecified atom stereocenters. The molecule has 4 rings (SSSR count). The maximum absolute atomic E-state index is 12.1. The zero-order chi connectivity index (χ0) is 26.1. The predicted octanol–water partition coefficient (Wildman–Crippen LogP) is 4.33. The minimum absolute atomic E-state index is 0.00498. The Hall–Kier alpha value is -3.30. The first kappa shape index (κ1) is 26.3. The summed E-state index contributed by atoms with van der Waals surface area (Å²) in [5.74, 6) is 0. The molecule has 0 amide bonds. The fraction of sp³-hybridized carbons (Fsp3) is 0.280. The van der Waals surface area contributed by atoms with Crippen molar-refractivity contribution in [3.05, 3.63) is 87.4 Å². The number of halogens is 1. The largest absolute Gasteiger partial charge is 0.368 e.